The number of nitrogens with one attached hydrogen (secondary N) is 1. The van der Waals surface area contributed by atoms with Gasteiger partial charge in [-0.1, -0.05) is 18.7 Å². The number of amides is 1. The average Bonchev–Trinajstić information content (AvgIpc) is 2.60. The minimum Gasteiger partial charge on any atom is -0.497 e. The van der Waals surface area contributed by atoms with Crippen molar-refractivity contribution < 1.29 is 14.3 Å². The van der Waals surface area contributed by atoms with Crippen LogP contribution in [-0.4, -0.2) is 19.6 Å². The molecule has 0 bridgehead atoms. The maximum absolute atomic E-state index is 11.9. The lowest BCUT2D eigenvalue weighted by Gasteiger charge is -2.07. The molecule has 0 heterocycles. The molecule has 0 spiro atoms. The number of methoxy groups -OCH3 is 1. The average molecular weight is 324 g/mol. The first-order valence-electron chi connectivity index (χ1n) is 7.38. The molecular formula is C19H20N2O3. The Morgan fingerprint density at radius 2 is 2.00 bits per heavy atom. The van der Waals surface area contributed by atoms with Gasteiger partial charge in [-0.3, -0.25) is 4.79 Å². The van der Waals surface area contributed by atoms with Gasteiger partial charge in [-0.15, -0.1) is 0 Å². The Morgan fingerprint density at radius 1 is 1.25 bits per heavy atom. The quantitative estimate of drug-likeness (QED) is 0.464. The number of hydrogen-bond acceptors (Lipinski definition) is 4. The summed E-state index contributed by atoms with van der Waals surface area (Å²) >= 11 is 0. The highest BCUT2D eigenvalue weighted by Gasteiger charge is 2.01. The van der Waals surface area contributed by atoms with Crippen molar-refractivity contribution in [3.8, 4) is 11.5 Å². The molecule has 3 N–H and O–H groups in total. The maximum atomic E-state index is 11.9. The fourth-order valence-electron chi connectivity index (χ4n) is 1.98. The second kappa shape index (κ2) is 8.43. The van der Waals surface area contributed by atoms with Gasteiger partial charge in [-0.05, 0) is 48.0 Å². The molecule has 1 amide bonds. The summed E-state index contributed by atoms with van der Waals surface area (Å²) in [5.41, 5.74) is 7.92. The van der Waals surface area contributed by atoms with Crippen LogP contribution in [0.2, 0.25) is 0 Å². The van der Waals surface area contributed by atoms with E-state index in [-0.39, 0.29) is 5.91 Å². The number of carbonyl (C=O) groups excluding carboxylic acids is 1. The summed E-state index contributed by atoms with van der Waals surface area (Å²) in [6.45, 7) is 3.98. The van der Waals surface area contributed by atoms with Crippen molar-refractivity contribution in [2.75, 3.05) is 24.8 Å². The smallest absolute Gasteiger partial charge is 0.248 e. The van der Waals surface area contributed by atoms with Crippen LogP contribution in [0.5, 0.6) is 11.5 Å². The molecule has 24 heavy (non-hydrogen) atoms. The molecule has 0 aromatic heterocycles. The summed E-state index contributed by atoms with van der Waals surface area (Å²) in [4.78, 5) is 11.9. The fraction of sp³-hybridized carbons (Fsp3) is 0.105. The lowest BCUT2D eigenvalue weighted by Crippen LogP contribution is -2.07. The first kappa shape index (κ1) is 17.1. The van der Waals surface area contributed by atoms with E-state index in [0.29, 0.717) is 23.7 Å². The molecule has 2 rings (SSSR count). The highest BCUT2D eigenvalue weighted by Crippen LogP contribution is 2.23. The highest BCUT2D eigenvalue weighted by atomic mass is 16.5. The molecule has 0 atom stereocenters. The zero-order valence-corrected chi connectivity index (χ0v) is 13.5. The topological polar surface area (TPSA) is 73.6 Å². The van der Waals surface area contributed by atoms with Crippen molar-refractivity contribution in [2.24, 2.45) is 0 Å². The van der Waals surface area contributed by atoms with E-state index in [2.05, 4.69) is 11.9 Å². The van der Waals surface area contributed by atoms with Crippen molar-refractivity contribution >= 4 is 23.4 Å². The minimum absolute atomic E-state index is 0.231. The zero-order valence-electron chi connectivity index (χ0n) is 13.5. The van der Waals surface area contributed by atoms with Crippen LogP contribution >= 0.6 is 0 Å². The molecule has 0 radical (unpaired) electrons. The zero-order chi connectivity index (χ0) is 17.4. The van der Waals surface area contributed by atoms with Gasteiger partial charge >= 0.3 is 0 Å². The fourth-order valence-corrected chi connectivity index (χ4v) is 1.98. The van der Waals surface area contributed by atoms with Crippen LogP contribution in [0.3, 0.4) is 0 Å². The lowest BCUT2D eigenvalue weighted by atomic mass is 10.1. The molecule has 0 aliphatic rings. The third kappa shape index (κ3) is 4.91. The van der Waals surface area contributed by atoms with E-state index in [1.165, 1.54) is 6.08 Å². The number of anilines is 2. The van der Waals surface area contributed by atoms with Gasteiger partial charge in [0.2, 0.25) is 5.91 Å². The van der Waals surface area contributed by atoms with E-state index in [1.54, 1.807) is 55.7 Å². The molecule has 2 aromatic rings. The van der Waals surface area contributed by atoms with Crippen LogP contribution in [0.1, 0.15) is 5.56 Å². The number of benzene rings is 2. The Hall–Kier alpha value is -3.21. The predicted octanol–water partition coefficient (Wildman–Crippen LogP) is 3.49. The second-order valence-corrected chi connectivity index (χ2v) is 4.95. The number of ether oxygens (including phenoxy) is 2. The van der Waals surface area contributed by atoms with Crippen molar-refractivity contribution in [2.45, 2.75) is 0 Å². The maximum Gasteiger partial charge on any atom is 0.248 e. The van der Waals surface area contributed by atoms with E-state index in [4.69, 9.17) is 15.2 Å². The Balaban J connectivity index is 1.97. The third-order valence-corrected chi connectivity index (χ3v) is 3.18. The molecular weight excluding hydrogens is 304 g/mol. The number of carbonyl (C=O) groups is 1. The Labute approximate surface area is 141 Å². The van der Waals surface area contributed by atoms with Crippen LogP contribution in [-0.2, 0) is 4.79 Å². The van der Waals surface area contributed by atoms with Crippen LogP contribution in [0.25, 0.3) is 6.08 Å². The first-order valence-corrected chi connectivity index (χ1v) is 7.38. The van der Waals surface area contributed by atoms with Crippen LogP contribution in [0.15, 0.2) is 61.2 Å². The summed E-state index contributed by atoms with van der Waals surface area (Å²) in [5.74, 6) is 1.10. The third-order valence-electron chi connectivity index (χ3n) is 3.18. The highest BCUT2D eigenvalue weighted by molar-refractivity contribution is 6.02. The molecule has 0 aliphatic carbocycles. The minimum atomic E-state index is -0.231. The van der Waals surface area contributed by atoms with Crippen molar-refractivity contribution in [3.05, 3.63) is 66.8 Å². The molecule has 0 fully saturated rings. The standard InChI is InChI=1S/C19H20N2O3/c1-3-12-24-18-10-4-14(13-17(18)20)5-11-19(22)21-15-6-8-16(23-2)9-7-15/h3-11,13H,1,12,20H2,2H3,(H,21,22)/b11-5-. The lowest BCUT2D eigenvalue weighted by molar-refractivity contribution is -0.111. The van der Waals surface area contributed by atoms with E-state index < -0.39 is 0 Å². The van der Waals surface area contributed by atoms with Gasteiger partial charge in [0.15, 0.2) is 0 Å². The van der Waals surface area contributed by atoms with Gasteiger partial charge in [0, 0.05) is 11.8 Å². The molecule has 0 saturated heterocycles. The number of rotatable bonds is 7. The van der Waals surface area contributed by atoms with Crippen molar-refractivity contribution in [1.29, 1.82) is 0 Å². The molecule has 5 heteroatoms. The van der Waals surface area contributed by atoms with E-state index >= 15 is 0 Å². The Bertz CT molecular complexity index is 737. The van der Waals surface area contributed by atoms with Gasteiger partial charge < -0.3 is 20.5 Å². The predicted molar refractivity (Wildman–Crippen MR) is 97.2 cm³/mol. The van der Waals surface area contributed by atoms with Gasteiger partial charge in [-0.2, -0.15) is 0 Å². The monoisotopic (exact) mass is 324 g/mol. The first-order chi connectivity index (χ1) is 11.6. The van der Waals surface area contributed by atoms with Gasteiger partial charge in [0.25, 0.3) is 0 Å². The van der Waals surface area contributed by atoms with Crippen molar-refractivity contribution in [3.63, 3.8) is 0 Å². The molecule has 124 valence electrons. The summed E-state index contributed by atoms with van der Waals surface area (Å²) < 4.78 is 10.5. The van der Waals surface area contributed by atoms with Crippen LogP contribution in [0, 0.1) is 0 Å². The molecule has 0 saturated carbocycles. The molecule has 2 aromatic carbocycles. The number of nitrogen functional groups attached to an aromatic ring is 1. The molecule has 0 unspecified atom stereocenters. The number of hydrogen-bond donors (Lipinski definition) is 2. The Morgan fingerprint density at radius 3 is 2.62 bits per heavy atom. The van der Waals surface area contributed by atoms with E-state index in [9.17, 15) is 4.79 Å². The summed E-state index contributed by atoms with van der Waals surface area (Å²) in [6.07, 6.45) is 4.78. The summed E-state index contributed by atoms with van der Waals surface area (Å²) in [6, 6.07) is 12.4. The van der Waals surface area contributed by atoms with Crippen LogP contribution < -0.4 is 20.5 Å². The second-order valence-electron chi connectivity index (χ2n) is 4.95. The normalized spacial score (nSPS) is 10.4. The number of nitrogens with two attached hydrogens (primary N) is 1. The van der Waals surface area contributed by atoms with Gasteiger partial charge in [-0.25, -0.2) is 0 Å². The summed E-state index contributed by atoms with van der Waals surface area (Å²) in [7, 11) is 1.59. The largest absolute Gasteiger partial charge is 0.497 e. The SMILES string of the molecule is C=CCOc1ccc(/C=C\C(=O)Nc2ccc(OC)cc2)cc1N. The van der Waals surface area contributed by atoms with E-state index in [1.807, 2.05) is 6.07 Å². The summed E-state index contributed by atoms with van der Waals surface area (Å²) in [5, 5.41) is 2.77. The molecule has 5 nitrogen and oxygen atoms in total. The van der Waals surface area contributed by atoms with E-state index in [0.717, 1.165) is 11.3 Å². The Kier molecular flexibility index (Phi) is 6.02. The van der Waals surface area contributed by atoms with Gasteiger partial charge in [0.05, 0.1) is 12.8 Å². The molecule has 0 aliphatic heterocycles. The van der Waals surface area contributed by atoms with Crippen molar-refractivity contribution in [1.82, 2.24) is 0 Å². The van der Waals surface area contributed by atoms with Crippen LogP contribution in [0.4, 0.5) is 11.4 Å². The van der Waals surface area contributed by atoms with Gasteiger partial charge in [0.1, 0.15) is 18.1 Å².